The summed E-state index contributed by atoms with van der Waals surface area (Å²) in [5, 5.41) is 14.0. The number of hydrogen-bond donors (Lipinski definition) is 4. The molecule has 5 N–H and O–H groups in total. The van der Waals surface area contributed by atoms with E-state index in [-0.39, 0.29) is 17.3 Å². The second-order valence-electron chi connectivity index (χ2n) is 9.33. The van der Waals surface area contributed by atoms with Gasteiger partial charge in [-0.15, -0.1) is 0 Å². The lowest BCUT2D eigenvalue weighted by atomic mass is 9.99. The minimum atomic E-state index is -1.42. The summed E-state index contributed by atoms with van der Waals surface area (Å²) < 4.78 is 19.6. The number of nitrogens with one attached hydrogen (secondary N) is 3. The second kappa shape index (κ2) is 9.34. The highest BCUT2D eigenvalue weighted by atomic mass is 32.2. The fraction of sp³-hybridized carbons (Fsp3) is 0.107. The van der Waals surface area contributed by atoms with E-state index in [1.165, 1.54) is 12.1 Å². The number of nitrogens with zero attached hydrogens (tertiary/aromatic N) is 3. The Bertz CT molecular complexity index is 1760. The fourth-order valence-corrected chi connectivity index (χ4v) is 4.77. The van der Waals surface area contributed by atoms with Crippen LogP contribution in [0, 0.1) is 11.2 Å². The van der Waals surface area contributed by atoms with E-state index in [0.29, 0.717) is 17.8 Å². The summed E-state index contributed by atoms with van der Waals surface area (Å²) in [6.45, 7) is 0.474. The summed E-state index contributed by atoms with van der Waals surface area (Å²) in [7, 11) is 0.420. The van der Waals surface area contributed by atoms with E-state index in [9.17, 15) is 4.39 Å². The van der Waals surface area contributed by atoms with Crippen molar-refractivity contribution in [2.24, 2.45) is 7.05 Å². The molecule has 0 radical (unpaired) electrons. The molecule has 5 rings (SSSR count). The van der Waals surface area contributed by atoms with Gasteiger partial charge in [0.2, 0.25) is 0 Å². The molecule has 0 spiro atoms. The number of pyridine rings is 1. The molecule has 0 aliphatic heterocycles. The Labute approximate surface area is 215 Å². The number of halogens is 1. The molecule has 5 aromatic rings. The average molecular weight is 514 g/mol. The molecule has 0 fully saturated rings. The number of nitrogens with two attached hydrogens (primary N) is 1. The molecule has 37 heavy (non-hydrogen) atoms. The van der Waals surface area contributed by atoms with E-state index >= 15 is 0 Å². The predicted octanol–water partition coefficient (Wildman–Crippen LogP) is 5.07. The quantitative estimate of drug-likeness (QED) is 0.180. The SMILES string of the molecule is C=S(=C)(C)NCc1cc(F)cc(-c2cccc3[nH]c(C(=N)c4cc(-c5cnn(C)c5)cnc4N)cc23)c1. The van der Waals surface area contributed by atoms with Crippen molar-refractivity contribution in [3.05, 3.63) is 89.8 Å². The molecule has 0 unspecified atom stereocenters. The van der Waals surface area contributed by atoms with Gasteiger partial charge in [-0.25, -0.2) is 9.37 Å². The Morgan fingerprint density at radius 3 is 2.68 bits per heavy atom. The summed E-state index contributed by atoms with van der Waals surface area (Å²) in [5.74, 6) is 8.01. The minimum absolute atomic E-state index is 0.218. The number of nitrogen functional groups attached to an aromatic ring is 1. The van der Waals surface area contributed by atoms with Crippen LogP contribution in [-0.2, 0) is 13.6 Å². The fourth-order valence-electron chi connectivity index (χ4n) is 4.26. The highest BCUT2D eigenvalue weighted by Gasteiger charge is 2.16. The van der Waals surface area contributed by atoms with E-state index < -0.39 is 9.39 Å². The van der Waals surface area contributed by atoms with Crippen LogP contribution >= 0.6 is 9.39 Å². The summed E-state index contributed by atoms with van der Waals surface area (Å²) in [4.78, 5) is 7.64. The number of benzene rings is 2. The molecular formula is C28H28FN7S. The summed E-state index contributed by atoms with van der Waals surface area (Å²) in [5.41, 5.74) is 12.5. The van der Waals surface area contributed by atoms with E-state index in [0.717, 1.165) is 38.7 Å². The van der Waals surface area contributed by atoms with Crippen molar-refractivity contribution in [3.8, 4) is 22.3 Å². The molecule has 0 saturated carbocycles. The topological polar surface area (TPSA) is 108 Å². The standard InChI is InChI=1S/C28H28FN7S/c1-36-16-20(15-33-36)19-11-24(28(31)32-14-19)27(30)26-12-23-22(6-5-7-25(23)35-26)18-8-17(9-21(29)10-18)13-34-37(2,3)4/h5-12,14-16,30,34-35H,2-3,13H2,1,4H3,(H2,31,32). The number of aryl methyl sites for hydroxylation is 1. The van der Waals surface area contributed by atoms with Gasteiger partial charge < -0.3 is 10.7 Å². The third-order valence-electron chi connectivity index (χ3n) is 6.05. The van der Waals surface area contributed by atoms with Crippen LogP contribution in [0.2, 0.25) is 0 Å². The zero-order chi connectivity index (χ0) is 26.3. The first kappa shape index (κ1) is 24.5. The Balaban J connectivity index is 1.54. The van der Waals surface area contributed by atoms with Crippen LogP contribution in [0.5, 0.6) is 0 Å². The number of anilines is 1. The smallest absolute Gasteiger partial charge is 0.132 e. The van der Waals surface area contributed by atoms with Crippen molar-refractivity contribution in [2.45, 2.75) is 6.54 Å². The van der Waals surface area contributed by atoms with Crippen molar-refractivity contribution < 1.29 is 4.39 Å². The highest BCUT2D eigenvalue weighted by Crippen LogP contribution is 2.32. The van der Waals surface area contributed by atoms with Gasteiger partial charge in [0.05, 0.1) is 17.6 Å². The molecule has 0 saturated heterocycles. The van der Waals surface area contributed by atoms with Gasteiger partial charge in [0.15, 0.2) is 0 Å². The van der Waals surface area contributed by atoms with E-state index in [4.69, 9.17) is 11.1 Å². The molecule has 2 aromatic carbocycles. The van der Waals surface area contributed by atoms with E-state index in [2.05, 4.69) is 31.5 Å². The van der Waals surface area contributed by atoms with Gasteiger partial charge in [0.1, 0.15) is 11.6 Å². The Morgan fingerprint density at radius 1 is 1.14 bits per heavy atom. The molecule has 0 aliphatic carbocycles. The molecule has 0 amide bonds. The Hall–Kier alpha value is -4.21. The second-order valence-corrected chi connectivity index (χ2v) is 12.2. The third kappa shape index (κ3) is 5.18. The summed E-state index contributed by atoms with van der Waals surface area (Å²) in [6.07, 6.45) is 7.25. The van der Waals surface area contributed by atoms with Gasteiger partial charge in [-0.05, 0) is 59.3 Å². The normalized spacial score (nSPS) is 11.8. The maximum absolute atomic E-state index is 14.6. The van der Waals surface area contributed by atoms with Crippen LogP contribution in [0.4, 0.5) is 10.2 Å². The zero-order valence-electron chi connectivity index (χ0n) is 20.7. The molecule has 3 heterocycles. The van der Waals surface area contributed by atoms with Crippen LogP contribution in [-0.4, -0.2) is 43.5 Å². The largest absolute Gasteiger partial charge is 0.383 e. The monoisotopic (exact) mass is 513 g/mol. The van der Waals surface area contributed by atoms with Gasteiger partial charge in [-0.3, -0.25) is 14.8 Å². The lowest BCUT2D eigenvalue weighted by molar-refractivity contribution is 0.625. The van der Waals surface area contributed by atoms with Crippen LogP contribution in [0.1, 0.15) is 16.8 Å². The minimum Gasteiger partial charge on any atom is -0.383 e. The zero-order valence-corrected chi connectivity index (χ0v) is 21.5. The molecule has 3 aromatic heterocycles. The molecule has 7 nitrogen and oxygen atoms in total. The van der Waals surface area contributed by atoms with Crippen molar-refractivity contribution in [3.63, 3.8) is 0 Å². The number of fused-ring (bicyclic) bond motifs is 1. The number of aromatic nitrogens is 4. The van der Waals surface area contributed by atoms with Crippen molar-refractivity contribution in [1.29, 1.82) is 5.41 Å². The van der Waals surface area contributed by atoms with Crippen LogP contribution in [0.3, 0.4) is 0 Å². The van der Waals surface area contributed by atoms with Crippen molar-refractivity contribution >= 4 is 43.6 Å². The van der Waals surface area contributed by atoms with E-state index in [1.807, 2.05) is 55.9 Å². The molecule has 188 valence electrons. The third-order valence-corrected chi connectivity index (χ3v) is 6.89. The average Bonchev–Trinajstić information content (AvgIpc) is 3.48. The van der Waals surface area contributed by atoms with E-state index in [1.54, 1.807) is 17.1 Å². The predicted molar refractivity (Wildman–Crippen MR) is 155 cm³/mol. The molecule has 0 aliphatic rings. The first-order chi connectivity index (χ1) is 17.6. The number of hydrogen-bond acceptors (Lipinski definition) is 5. The Morgan fingerprint density at radius 2 is 1.95 bits per heavy atom. The maximum Gasteiger partial charge on any atom is 0.132 e. The number of H-pyrrole nitrogens is 1. The molecule has 0 bridgehead atoms. The highest BCUT2D eigenvalue weighted by molar-refractivity contribution is 8.25. The van der Waals surface area contributed by atoms with Crippen LogP contribution in [0.25, 0.3) is 33.2 Å². The molecule has 9 heteroatoms. The molecular weight excluding hydrogens is 485 g/mol. The van der Waals surface area contributed by atoms with Crippen molar-refractivity contribution in [1.82, 2.24) is 24.5 Å². The maximum atomic E-state index is 14.6. The lowest BCUT2D eigenvalue weighted by Gasteiger charge is -2.12. The van der Waals surface area contributed by atoms with Gasteiger partial charge in [0.25, 0.3) is 0 Å². The van der Waals surface area contributed by atoms with Crippen molar-refractivity contribution in [2.75, 3.05) is 12.0 Å². The summed E-state index contributed by atoms with van der Waals surface area (Å²) >= 11 is 0. The number of aromatic amines is 1. The van der Waals surface area contributed by atoms with Gasteiger partial charge in [0, 0.05) is 53.6 Å². The first-order valence-corrected chi connectivity index (χ1v) is 13.9. The van der Waals surface area contributed by atoms with Crippen LogP contribution in [0.15, 0.2) is 67.1 Å². The lowest BCUT2D eigenvalue weighted by Crippen LogP contribution is -2.08. The summed E-state index contributed by atoms with van der Waals surface area (Å²) in [6, 6.07) is 14.6. The Kier molecular flexibility index (Phi) is 6.18. The first-order valence-electron chi connectivity index (χ1n) is 11.5. The van der Waals surface area contributed by atoms with Gasteiger partial charge >= 0.3 is 0 Å². The van der Waals surface area contributed by atoms with Gasteiger partial charge in [-0.2, -0.15) is 14.5 Å². The van der Waals surface area contributed by atoms with Gasteiger partial charge in [-0.1, -0.05) is 23.9 Å². The van der Waals surface area contributed by atoms with Crippen LogP contribution < -0.4 is 10.5 Å². The number of rotatable bonds is 7. The molecule has 0 atom stereocenters.